The minimum atomic E-state index is -0.495. The minimum absolute atomic E-state index is 0.179. The fourth-order valence-corrected chi connectivity index (χ4v) is 3.16. The topological polar surface area (TPSA) is 38.3 Å². The Balaban J connectivity index is 2.37. The van der Waals surface area contributed by atoms with Gasteiger partial charge in [0.25, 0.3) is 5.91 Å². The number of hydrogen-bond acceptors (Lipinski definition) is 2. The van der Waals surface area contributed by atoms with Crippen LogP contribution in [0.5, 0.6) is 5.75 Å². The summed E-state index contributed by atoms with van der Waals surface area (Å²) in [7, 11) is 0. The zero-order chi connectivity index (χ0) is 16.3. The fraction of sp³-hybridized carbons (Fsp3) is 0.133. The van der Waals surface area contributed by atoms with E-state index in [0.717, 1.165) is 6.07 Å². The summed E-state index contributed by atoms with van der Waals surface area (Å²) in [5.41, 5.74) is 0.584. The van der Waals surface area contributed by atoms with E-state index in [-0.39, 0.29) is 5.56 Å². The molecule has 0 bridgehead atoms. The Kier molecular flexibility index (Phi) is 5.83. The third-order valence-electron chi connectivity index (χ3n) is 2.72. The van der Waals surface area contributed by atoms with Crippen LogP contribution in [0, 0.1) is 5.82 Å². The summed E-state index contributed by atoms with van der Waals surface area (Å²) >= 11 is 12.6. The summed E-state index contributed by atoms with van der Waals surface area (Å²) in [6.07, 6.45) is 0. The van der Waals surface area contributed by atoms with E-state index in [1.807, 2.05) is 6.92 Å². The van der Waals surface area contributed by atoms with Gasteiger partial charge in [0.1, 0.15) is 5.82 Å². The standard InChI is InChI=1S/C15H11Br2ClFNO2/c1-2-22-14-12(17)5-8(18)6-13(14)20-15(21)10-7-9(19)3-4-11(10)16/h3-7H,2H2,1H3,(H,20,21). The summed E-state index contributed by atoms with van der Waals surface area (Å²) in [6, 6.07) is 7.13. The molecule has 2 aromatic rings. The second kappa shape index (κ2) is 7.44. The monoisotopic (exact) mass is 449 g/mol. The molecule has 0 atom stereocenters. The molecular weight excluding hydrogens is 440 g/mol. The molecule has 7 heteroatoms. The number of rotatable bonds is 4. The van der Waals surface area contributed by atoms with Gasteiger partial charge in [-0.2, -0.15) is 0 Å². The fourth-order valence-electron chi connectivity index (χ4n) is 1.81. The Labute approximate surface area is 149 Å². The number of halogens is 4. The molecule has 0 saturated carbocycles. The third-order valence-corrected chi connectivity index (χ3v) is 4.22. The molecule has 0 aliphatic heterocycles. The number of carbonyl (C=O) groups is 1. The first-order valence-corrected chi connectivity index (χ1v) is 8.27. The molecule has 0 spiro atoms. The van der Waals surface area contributed by atoms with E-state index in [1.165, 1.54) is 12.1 Å². The molecule has 0 saturated heterocycles. The van der Waals surface area contributed by atoms with Crippen molar-refractivity contribution >= 4 is 55.1 Å². The van der Waals surface area contributed by atoms with E-state index in [1.54, 1.807) is 12.1 Å². The van der Waals surface area contributed by atoms with Crippen molar-refractivity contribution in [2.24, 2.45) is 0 Å². The molecule has 2 aromatic carbocycles. The molecule has 0 unspecified atom stereocenters. The predicted octanol–water partition coefficient (Wildman–Crippen LogP) is 5.66. The lowest BCUT2D eigenvalue weighted by Crippen LogP contribution is -2.14. The van der Waals surface area contributed by atoms with Crippen molar-refractivity contribution in [3.63, 3.8) is 0 Å². The maximum Gasteiger partial charge on any atom is 0.257 e. The second-order valence-electron chi connectivity index (χ2n) is 4.28. The number of carbonyl (C=O) groups excluding carboxylic acids is 1. The molecule has 1 amide bonds. The Morgan fingerprint density at radius 2 is 2.00 bits per heavy atom. The average Bonchev–Trinajstić information content (AvgIpc) is 2.45. The molecule has 0 heterocycles. The van der Waals surface area contributed by atoms with Crippen molar-refractivity contribution in [1.82, 2.24) is 0 Å². The molecule has 0 fully saturated rings. The van der Waals surface area contributed by atoms with E-state index in [2.05, 4.69) is 37.2 Å². The highest BCUT2D eigenvalue weighted by Crippen LogP contribution is 2.37. The van der Waals surface area contributed by atoms with E-state index in [0.29, 0.717) is 32.0 Å². The van der Waals surface area contributed by atoms with Crippen LogP contribution in [0.2, 0.25) is 5.02 Å². The van der Waals surface area contributed by atoms with Gasteiger partial charge in [0.15, 0.2) is 5.75 Å². The highest BCUT2D eigenvalue weighted by atomic mass is 79.9. The first kappa shape index (κ1) is 17.2. The van der Waals surface area contributed by atoms with Crippen LogP contribution in [0.4, 0.5) is 10.1 Å². The molecule has 3 nitrogen and oxygen atoms in total. The number of benzene rings is 2. The van der Waals surface area contributed by atoms with Gasteiger partial charge in [-0.15, -0.1) is 0 Å². The van der Waals surface area contributed by atoms with Gasteiger partial charge in [-0.25, -0.2) is 4.39 Å². The largest absolute Gasteiger partial charge is 0.491 e. The molecule has 22 heavy (non-hydrogen) atoms. The lowest BCUT2D eigenvalue weighted by Gasteiger charge is -2.14. The number of ether oxygens (including phenoxy) is 1. The van der Waals surface area contributed by atoms with Crippen molar-refractivity contribution < 1.29 is 13.9 Å². The van der Waals surface area contributed by atoms with Gasteiger partial charge >= 0.3 is 0 Å². The molecule has 1 N–H and O–H groups in total. The van der Waals surface area contributed by atoms with Crippen molar-refractivity contribution in [3.8, 4) is 5.75 Å². The van der Waals surface area contributed by atoms with Crippen LogP contribution in [0.15, 0.2) is 39.3 Å². The maximum atomic E-state index is 13.3. The molecule has 0 aromatic heterocycles. The van der Waals surface area contributed by atoms with Crippen molar-refractivity contribution in [2.45, 2.75) is 6.92 Å². The molecule has 2 rings (SSSR count). The van der Waals surface area contributed by atoms with Crippen molar-refractivity contribution in [2.75, 3.05) is 11.9 Å². The number of anilines is 1. The Morgan fingerprint density at radius 3 is 2.68 bits per heavy atom. The van der Waals surface area contributed by atoms with Gasteiger partial charge in [0, 0.05) is 9.50 Å². The van der Waals surface area contributed by atoms with Crippen LogP contribution in [-0.4, -0.2) is 12.5 Å². The molecular formula is C15H11Br2ClFNO2. The van der Waals surface area contributed by atoms with Gasteiger partial charge in [0.05, 0.1) is 22.3 Å². The van der Waals surface area contributed by atoms with Crippen LogP contribution in [-0.2, 0) is 0 Å². The predicted molar refractivity (Wildman–Crippen MR) is 92.4 cm³/mol. The molecule has 0 radical (unpaired) electrons. The number of hydrogen-bond donors (Lipinski definition) is 1. The quantitative estimate of drug-likeness (QED) is 0.652. The lowest BCUT2D eigenvalue weighted by atomic mass is 10.2. The summed E-state index contributed by atoms with van der Waals surface area (Å²) < 4.78 is 19.9. The van der Waals surface area contributed by atoms with Crippen LogP contribution < -0.4 is 10.1 Å². The molecule has 0 aliphatic rings. The first-order chi connectivity index (χ1) is 10.4. The third kappa shape index (κ3) is 4.00. The summed E-state index contributed by atoms with van der Waals surface area (Å²) in [4.78, 5) is 12.3. The average molecular weight is 452 g/mol. The SMILES string of the molecule is CCOc1c(Br)cc(Cl)cc1NC(=O)c1cc(F)ccc1Br. The Bertz CT molecular complexity index is 725. The molecule has 116 valence electrons. The summed E-state index contributed by atoms with van der Waals surface area (Å²) in [6.45, 7) is 2.25. The van der Waals surface area contributed by atoms with Crippen LogP contribution >= 0.6 is 43.5 Å². The highest BCUT2D eigenvalue weighted by Gasteiger charge is 2.16. The van der Waals surface area contributed by atoms with Crippen LogP contribution in [0.25, 0.3) is 0 Å². The van der Waals surface area contributed by atoms with Gasteiger partial charge in [-0.1, -0.05) is 11.6 Å². The lowest BCUT2D eigenvalue weighted by molar-refractivity contribution is 0.102. The number of amides is 1. The van der Waals surface area contributed by atoms with Gasteiger partial charge in [-0.3, -0.25) is 4.79 Å². The van der Waals surface area contributed by atoms with Gasteiger partial charge in [-0.05, 0) is 69.1 Å². The Morgan fingerprint density at radius 1 is 1.27 bits per heavy atom. The second-order valence-corrected chi connectivity index (χ2v) is 6.42. The first-order valence-electron chi connectivity index (χ1n) is 6.30. The normalized spacial score (nSPS) is 10.4. The minimum Gasteiger partial charge on any atom is -0.491 e. The van der Waals surface area contributed by atoms with Gasteiger partial charge in [0.2, 0.25) is 0 Å². The maximum absolute atomic E-state index is 13.3. The Hall–Kier alpha value is -1.11. The summed E-state index contributed by atoms with van der Waals surface area (Å²) in [5, 5.41) is 3.12. The zero-order valence-corrected chi connectivity index (χ0v) is 15.4. The van der Waals surface area contributed by atoms with Crippen molar-refractivity contribution in [1.29, 1.82) is 0 Å². The zero-order valence-electron chi connectivity index (χ0n) is 11.4. The smallest absolute Gasteiger partial charge is 0.257 e. The van der Waals surface area contributed by atoms with Gasteiger partial charge < -0.3 is 10.1 Å². The van der Waals surface area contributed by atoms with E-state index >= 15 is 0 Å². The van der Waals surface area contributed by atoms with Crippen LogP contribution in [0.1, 0.15) is 17.3 Å². The number of nitrogens with one attached hydrogen (secondary N) is 1. The highest BCUT2D eigenvalue weighted by molar-refractivity contribution is 9.10. The van der Waals surface area contributed by atoms with Crippen molar-refractivity contribution in [3.05, 3.63) is 55.7 Å². The van der Waals surface area contributed by atoms with Crippen LogP contribution in [0.3, 0.4) is 0 Å². The van der Waals surface area contributed by atoms with E-state index in [9.17, 15) is 9.18 Å². The summed E-state index contributed by atoms with van der Waals surface area (Å²) in [5.74, 6) is -0.500. The van der Waals surface area contributed by atoms with E-state index in [4.69, 9.17) is 16.3 Å². The molecule has 0 aliphatic carbocycles. The van der Waals surface area contributed by atoms with E-state index < -0.39 is 11.7 Å².